The van der Waals surface area contributed by atoms with E-state index in [0.717, 1.165) is 0 Å². The van der Waals surface area contributed by atoms with Crippen LogP contribution in [0.4, 0.5) is 0 Å². The van der Waals surface area contributed by atoms with Crippen LogP contribution in [0.3, 0.4) is 0 Å². The minimum absolute atomic E-state index is 0.0962. The molecule has 98 valence electrons. The molecular formula is C15H15NO3. The van der Waals surface area contributed by atoms with Crippen molar-refractivity contribution >= 4 is 11.8 Å². The van der Waals surface area contributed by atoms with E-state index in [4.69, 9.17) is 4.74 Å². The molecule has 4 heteroatoms. The monoisotopic (exact) mass is 257 g/mol. The molecule has 2 aromatic rings. The fourth-order valence-corrected chi connectivity index (χ4v) is 1.87. The van der Waals surface area contributed by atoms with Crippen LogP contribution in [0.15, 0.2) is 42.7 Å². The quantitative estimate of drug-likeness (QED) is 0.660. The fourth-order valence-electron chi connectivity index (χ4n) is 1.87. The summed E-state index contributed by atoms with van der Waals surface area (Å²) < 4.78 is 4.89. The van der Waals surface area contributed by atoms with Crippen molar-refractivity contribution in [3.8, 4) is 0 Å². The van der Waals surface area contributed by atoms with Gasteiger partial charge in [0, 0.05) is 23.5 Å². The Bertz CT molecular complexity index is 572. The molecule has 0 aliphatic carbocycles. The second-order valence-corrected chi connectivity index (χ2v) is 4.07. The number of esters is 1. The second kappa shape index (κ2) is 6.00. The Morgan fingerprint density at radius 3 is 2.58 bits per heavy atom. The molecule has 4 nitrogen and oxygen atoms in total. The van der Waals surface area contributed by atoms with Gasteiger partial charge in [-0.1, -0.05) is 30.3 Å². The molecule has 1 heterocycles. The zero-order valence-corrected chi connectivity index (χ0v) is 10.7. The first-order valence-corrected chi connectivity index (χ1v) is 6.13. The summed E-state index contributed by atoms with van der Waals surface area (Å²) in [5.74, 6) is -0.426. The van der Waals surface area contributed by atoms with Crippen molar-refractivity contribution in [2.24, 2.45) is 0 Å². The van der Waals surface area contributed by atoms with Gasteiger partial charge in [-0.05, 0) is 12.5 Å². The van der Waals surface area contributed by atoms with E-state index in [9.17, 15) is 9.59 Å². The van der Waals surface area contributed by atoms with Crippen LogP contribution in [0.2, 0.25) is 0 Å². The Morgan fingerprint density at radius 2 is 1.89 bits per heavy atom. The average Bonchev–Trinajstić information content (AvgIpc) is 2.87. The minimum Gasteiger partial charge on any atom is -0.466 e. The molecule has 2 rings (SSSR count). The van der Waals surface area contributed by atoms with E-state index < -0.39 is 0 Å². The molecule has 0 radical (unpaired) electrons. The first-order chi connectivity index (χ1) is 9.22. The third kappa shape index (κ3) is 3.10. The largest absolute Gasteiger partial charge is 0.466 e. The second-order valence-electron chi connectivity index (χ2n) is 4.07. The van der Waals surface area contributed by atoms with Crippen LogP contribution < -0.4 is 0 Å². The predicted molar refractivity (Wildman–Crippen MR) is 71.0 cm³/mol. The third-order valence-electron chi connectivity index (χ3n) is 2.75. The molecule has 0 amide bonds. The molecule has 0 saturated carbocycles. The molecule has 0 bridgehead atoms. The highest BCUT2D eigenvalue weighted by atomic mass is 16.5. The van der Waals surface area contributed by atoms with Crippen molar-refractivity contribution in [2.75, 3.05) is 6.61 Å². The highest BCUT2D eigenvalue weighted by Crippen LogP contribution is 2.15. The first-order valence-electron chi connectivity index (χ1n) is 6.13. The standard InChI is InChI=1S/C15H15NO3/c1-2-19-14(17)8-12-9-16-10-13(12)15(18)11-6-4-3-5-7-11/h3-7,9-10,16H,2,8H2,1H3. The van der Waals surface area contributed by atoms with Gasteiger partial charge in [-0.15, -0.1) is 0 Å². The van der Waals surface area contributed by atoms with Crippen LogP contribution in [-0.4, -0.2) is 23.3 Å². The van der Waals surface area contributed by atoms with Crippen molar-refractivity contribution in [3.05, 3.63) is 59.4 Å². The third-order valence-corrected chi connectivity index (χ3v) is 2.75. The van der Waals surface area contributed by atoms with Gasteiger partial charge in [0.05, 0.1) is 13.0 Å². The van der Waals surface area contributed by atoms with E-state index >= 15 is 0 Å². The predicted octanol–water partition coefficient (Wildman–Crippen LogP) is 2.35. The number of rotatable bonds is 5. The molecule has 0 aliphatic heterocycles. The number of benzene rings is 1. The summed E-state index contributed by atoms with van der Waals surface area (Å²) in [4.78, 5) is 26.6. The SMILES string of the molecule is CCOC(=O)Cc1c[nH]cc1C(=O)c1ccccc1. The smallest absolute Gasteiger partial charge is 0.310 e. The number of aromatic nitrogens is 1. The lowest BCUT2D eigenvalue weighted by Gasteiger charge is -2.03. The molecule has 1 N–H and O–H groups in total. The number of hydrogen-bond donors (Lipinski definition) is 1. The Kier molecular flexibility index (Phi) is 4.13. The van der Waals surface area contributed by atoms with Crippen molar-refractivity contribution in [1.29, 1.82) is 0 Å². The van der Waals surface area contributed by atoms with Gasteiger partial charge in [0.25, 0.3) is 0 Å². The Hall–Kier alpha value is -2.36. The number of carbonyl (C=O) groups is 2. The zero-order valence-electron chi connectivity index (χ0n) is 10.7. The topological polar surface area (TPSA) is 59.2 Å². The number of H-pyrrole nitrogens is 1. The lowest BCUT2D eigenvalue weighted by atomic mass is 10.0. The van der Waals surface area contributed by atoms with Crippen LogP contribution in [0.5, 0.6) is 0 Å². The number of aromatic amines is 1. The van der Waals surface area contributed by atoms with Crippen LogP contribution >= 0.6 is 0 Å². The molecule has 0 unspecified atom stereocenters. The van der Waals surface area contributed by atoms with Gasteiger partial charge in [-0.25, -0.2) is 0 Å². The molecule has 1 aromatic carbocycles. The zero-order chi connectivity index (χ0) is 13.7. The van der Waals surface area contributed by atoms with E-state index in [0.29, 0.717) is 23.3 Å². The van der Waals surface area contributed by atoms with E-state index in [1.54, 1.807) is 31.5 Å². The lowest BCUT2D eigenvalue weighted by molar-refractivity contribution is -0.142. The molecule has 19 heavy (non-hydrogen) atoms. The maximum absolute atomic E-state index is 12.3. The summed E-state index contributed by atoms with van der Waals surface area (Å²) in [5, 5.41) is 0. The van der Waals surface area contributed by atoms with Gasteiger partial charge in [0.2, 0.25) is 0 Å². The van der Waals surface area contributed by atoms with Gasteiger partial charge < -0.3 is 9.72 Å². The first kappa shape index (κ1) is 13.1. The maximum Gasteiger partial charge on any atom is 0.310 e. The Morgan fingerprint density at radius 1 is 1.16 bits per heavy atom. The number of hydrogen-bond acceptors (Lipinski definition) is 3. The van der Waals surface area contributed by atoms with Crippen molar-refractivity contribution in [2.45, 2.75) is 13.3 Å². The van der Waals surface area contributed by atoms with Crippen LogP contribution in [-0.2, 0) is 16.0 Å². The van der Waals surface area contributed by atoms with Crippen LogP contribution in [0.25, 0.3) is 0 Å². The van der Waals surface area contributed by atoms with Crippen LogP contribution in [0.1, 0.15) is 28.4 Å². The number of nitrogens with one attached hydrogen (secondary N) is 1. The van der Waals surface area contributed by atoms with Gasteiger partial charge in [0.1, 0.15) is 0 Å². The molecule has 0 saturated heterocycles. The van der Waals surface area contributed by atoms with Crippen molar-refractivity contribution < 1.29 is 14.3 Å². The Balaban J connectivity index is 2.20. The molecule has 1 aromatic heterocycles. The van der Waals surface area contributed by atoms with Gasteiger partial charge in [-0.3, -0.25) is 9.59 Å². The number of carbonyl (C=O) groups excluding carboxylic acids is 2. The molecule has 0 fully saturated rings. The summed E-state index contributed by atoms with van der Waals surface area (Å²) in [5.41, 5.74) is 1.78. The highest BCUT2D eigenvalue weighted by Gasteiger charge is 2.16. The van der Waals surface area contributed by atoms with Crippen LogP contribution in [0, 0.1) is 0 Å². The summed E-state index contributed by atoms with van der Waals surface area (Å²) in [6.45, 7) is 2.09. The summed E-state index contributed by atoms with van der Waals surface area (Å²) in [6.07, 6.45) is 3.38. The van der Waals surface area contributed by atoms with E-state index in [1.807, 2.05) is 18.2 Å². The highest BCUT2D eigenvalue weighted by molar-refractivity contribution is 6.10. The van der Waals surface area contributed by atoms with Gasteiger partial charge in [0.15, 0.2) is 5.78 Å². The average molecular weight is 257 g/mol. The molecule has 0 aliphatic rings. The maximum atomic E-state index is 12.3. The van der Waals surface area contributed by atoms with E-state index in [-0.39, 0.29) is 18.2 Å². The summed E-state index contributed by atoms with van der Waals surface area (Å²) in [7, 11) is 0. The fraction of sp³-hybridized carbons (Fsp3) is 0.200. The number of ketones is 1. The van der Waals surface area contributed by atoms with Gasteiger partial charge >= 0.3 is 5.97 Å². The normalized spacial score (nSPS) is 10.2. The van der Waals surface area contributed by atoms with Gasteiger partial charge in [-0.2, -0.15) is 0 Å². The van der Waals surface area contributed by atoms with Crippen molar-refractivity contribution in [1.82, 2.24) is 4.98 Å². The summed E-state index contributed by atoms with van der Waals surface area (Å²) in [6, 6.07) is 8.98. The molecular weight excluding hydrogens is 242 g/mol. The summed E-state index contributed by atoms with van der Waals surface area (Å²) >= 11 is 0. The number of ether oxygens (including phenoxy) is 1. The van der Waals surface area contributed by atoms with E-state index in [1.165, 1.54) is 0 Å². The minimum atomic E-state index is -0.329. The van der Waals surface area contributed by atoms with Crippen molar-refractivity contribution in [3.63, 3.8) is 0 Å². The molecule has 0 spiro atoms. The Labute approximate surface area is 111 Å². The lowest BCUT2D eigenvalue weighted by Crippen LogP contribution is -2.10. The van der Waals surface area contributed by atoms with E-state index in [2.05, 4.69) is 4.98 Å². The molecule has 0 atom stereocenters.